The number of nitrogens with zero attached hydrogens (tertiary/aromatic N) is 4. The number of halogens is 2. The number of alkyl halides is 2. The lowest BCUT2D eigenvalue weighted by molar-refractivity contribution is -0.139. The number of hydrogen-bond acceptors (Lipinski definition) is 8. The van der Waals surface area contributed by atoms with Crippen molar-refractivity contribution >= 4 is 35.0 Å². The Morgan fingerprint density at radius 1 is 0.785 bits per heavy atom. The summed E-state index contributed by atoms with van der Waals surface area (Å²) in [6.45, 7) is 8.09. The van der Waals surface area contributed by atoms with Gasteiger partial charge in [-0.1, -0.05) is 58.0 Å². The van der Waals surface area contributed by atoms with Crippen LogP contribution in [0.2, 0.25) is 0 Å². The highest BCUT2D eigenvalue weighted by Crippen LogP contribution is 2.59. The van der Waals surface area contributed by atoms with Gasteiger partial charge in [0.25, 0.3) is 5.92 Å². The van der Waals surface area contributed by atoms with Crippen molar-refractivity contribution in [2.45, 2.75) is 102 Å². The van der Waals surface area contributed by atoms with Crippen LogP contribution in [0.25, 0.3) is 44.5 Å². The number of rotatable bonds is 10. The highest BCUT2D eigenvalue weighted by molar-refractivity contribution is 5.89. The fraction of sp³-hybridized carbons (Fsp3) is 0.469. The molecule has 2 saturated heterocycles. The third-order valence-corrected chi connectivity index (χ3v) is 14.7. The van der Waals surface area contributed by atoms with E-state index in [9.17, 15) is 19.2 Å². The molecule has 4 fully saturated rings. The standard InChI is InChI=1S/C49H54F2N8O6/c1-24(2)39(56-46(62)64-5)44(60)58-23-48(15-16-48)21-38(58)42-52-22-37(55-42)28-9-13-32-31-12-8-26(18-33(31)49(50,51)34(32)19-28)27-10-14-35-36(20-27)54-43(53-35)41-29-7-11-30(17-29)59(41)45(61)40(25(3)4)57-47(63)65-6/h8-10,12-14,18-20,22,24-25,29-30,38-41H,7,11,15-17,21,23H2,1-6H3,(H,52,55)(H,53,54)(H,56,62)(H,57,63)/t29-,30+,38?,39-,40-,41?/m0/s1. The first-order valence-corrected chi connectivity index (χ1v) is 22.6. The molecule has 2 aromatic heterocycles. The van der Waals surface area contributed by atoms with Gasteiger partial charge >= 0.3 is 12.2 Å². The van der Waals surface area contributed by atoms with Crippen LogP contribution < -0.4 is 10.6 Å². The summed E-state index contributed by atoms with van der Waals surface area (Å²) in [4.78, 5) is 72.6. The van der Waals surface area contributed by atoms with Gasteiger partial charge in [0.15, 0.2) is 0 Å². The summed E-state index contributed by atoms with van der Waals surface area (Å²) in [5.41, 5.74) is 4.68. The molecule has 2 saturated carbocycles. The highest BCUT2D eigenvalue weighted by Gasteiger charge is 2.56. The largest absolute Gasteiger partial charge is 0.453 e. The maximum absolute atomic E-state index is 16.7. The second-order valence-electron chi connectivity index (χ2n) is 19.4. The Morgan fingerprint density at radius 3 is 2.05 bits per heavy atom. The van der Waals surface area contributed by atoms with Crippen LogP contribution in [0.5, 0.6) is 0 Å². The summed E-state index contributed by atoms with van der Waals surface area (Å²) >= 11 is 0. The molecular weight excluding hydrogens is 835 g/mol. The molecule has 2 bridgehead atoms. The van der Waals surface area contributed by atoms with Crippen LogP contribution >= 0.6 is 0 Å². The van der Waals surface area contributed by atoms with E-state index < -0.39 is 30.2 Å². The second-order valence-corrected chi connectivity index (χ2v) is 19.4. The number of imidazole rings is 2. The Hall–Kier alpha value is -6.32. The third kappa shape index (κ3) is 7.19. The quantitative estimate of drug-likeness (QED) is 0.108. The van der Waals surface area contributed by atoms with Crippen molar-refractivity contribution in [3.05, 3.63) is 83.6 Å². The van der Waals surface area contributed by atoms with Crippen LogP contribution in [0, 0.1) is 23.2 Å². The van der Waals surface area contributed by atoms with Crippen molar-refractivity contribution in [2.75, 3.05) is 20.8 Å². The first kappa shape index (κ1) is 42.6. The lowest BCUT2D eigenvalue weighted by Crippen LogP contribution is -2.54. The van der Waals surface area contributed by atoms with Gasteiger partial charge in [-0.05, 0) is 108 Å². The van der Waals surface area contributed by atoms with Crippen LogP contribution in [-0.4, -0.2) is 92.6 Å². The number of aromatic nitrogens is 4. The molecule has 4 heterocycles. The number of hydrogen-bond donors (Lipinski definition) is 4. The van der Waals surface area contributed by atoms with Gasteiger partial charge in [0.2, 0.25) is 11.8 Å². The molecule has 65 heavy (non-hydrogen) atoms. The number of piperidine rings is 1. The van der Waals surface area contributed by atoms with Crippen molar-refractivity contribution in [1.82, 2.24) is 40.4 Å². The second kappa shape index (κ2) is 15.7. The molecule has 4 amide bonds. The van der Waals surface area contributed by atoms with Gasteiger partial charge in [-0.3, -0.25) is 9.59 Å². The Labute approximate surface area is 375 Å². The van der Waals surface area contributed by atoms with Crippen LogP contribution in [0.1, 0.15) is 101 Å². The Bertz CT molecular complexity index is 2740. The third-order valence-electron chi connectivity index (χ3n) is 14.7. The van der Waals surface area contributed by atoms with E-state index in [2.05, 4.69) is 20.6 Å². The molecule has 4 N–H and O–H groups in total. The van der Waals surface area contributed by atoms with Crippen molar-refractivity contribution in [2.24, 2.45) is 23.2 Å². The van der Waals surface area contributed by atoms with E-state index in [0.717, 1.165) is 49.6 Å². The van der Waals surface area contributed by atoms with Crippen LogP contribution in [0.15, 0.2) is 60.8 Å². The van der Waals surface area contributed by atoms with Crippen LogP contribution in [0.3, 0.4) is 0 Å². The first-order chi connectivity index (χ1) is 31.1. The molecule has 3 aliphatic carbocycles. The summed E-state index contributed by atoms with van der Waals surface area (Å²) in [7, 11) is 2.54. The summed E-state index contributed by atoms with van der Waals surface area (Å²) in [6.07, 6.45) is 5.75. The molecule has 2 unspecified atom stereocenters. The predicted molar refractivity (Wildman–Crippen MR) is 237 cm³/mol. The van der Waals surface area contributed by atoms with E-state index in [1.165, 1.54) is 20.3 Å². The lowest BCUT2D eigenvalue weighted by Gasteiger charge is -2.37. The minimum atomic E-state index is -3.29. The van der Waals surface area contributed by atoms with Gasteiger partial charge in [0, 0.05) is 29.3 Å². The highest BCUT2D eigenvalue weighted by atomic mass is 19.3. The monoisotopic (exact) mass is 888 g/mol. The van der Waals surface area contributed by atoms with Gasteiger partial charge < -0.3 is 39.9 Å². The average Bonchev–Trinajstić information content (AvgIpc) is 3.95. The van der Waals surface area contributed by atoms with E-state index in [4.69, 9.17) is 19.4 Å². The number of amides is 4. The smallest absolute Gasteiger partial charge is 0.407 e. The molecule has 2 aliphatic heterocycles. The number of likely N-dealkylation sites (tertiary alicyclic amines) is 2. The first-order valence-electron chi connectivity index (χ1n) is 22.6. The number of carbonyl (C=O) groups is 4. The number of ether oxygens (including phenoxy) is 2. The number of nitrogens with one attached hydrogen (secondary N) is 4. The fourth-order valence-electron chi connectivity index (χ4n) is 11.0. The summed E-state index contributed by atoms with van der Waals surface area (Å²) < 4.78 is 43.0. The lowest BCUT2D eigenvalue weighted by atomic mass is 9.95. The van der Waals surface area contributed by atoms with E-state index >= 15 is 8.78 Å². The number of benzene rings is 3. The van der Waals surface area contributed by atoms with Gasteiger partial charge in [-0.25, -0.2) is 19.6 Å². The Balaban J connectivity index is 0.896. The zero-order valence-corrected chi connectivity index (χ0v) is 37.3. The van der Waals surface area contributed by atoms with Gasteiger partial charge in [0.1, 0.15) is 23.7 Å². The van der Waals surface area contributed by atoms with Crippen molar-refractivity contribution < 1.29 is 37.4 Å². The summed E-state index contributed by atoms with van der Waals surface area (Å²) in [5, 5.41) is 5.43. The number of H-pyrrole nitrogens is 2. The summed E-state index contributed by atoms with van der Waals surface area (Å²) in [6, 6.07) is 13.8. The van der Waals surface area contributed by atoms with Crippen LogP contribution in [-0.2, 0) is 25.0 Å². The Kier molecular flexibility index (Phi) is 10.3. The van der Waals surface area contributed by atoms with E-state index in [0.29, 0.717) is 51.7 Å². The topological polar surface area (TPSA) is 175 Å². The zero-order chi connectivity index (χ0) is 45.7. The maximum Gasteiger partial charge on any atom is 0.407 e. The zero-order valence-electron chi connectivity index (χ0n) is 37.3. The molecule has 10 rings (SSSR count). The van der Waals surface area contributed by atoms with Crippen molar-refractivity contribution in [3.63, 3.8) is 0 Å². The number of aromatic amines is 2. The normalized spacial score (nSPS) is 22.9. The number of alkyl carbamates (subject to hydrolysis) is 2. The average molecular weight is 889 g/mol. The summed E-state index contributed by atoms with van der Waals surface area (Å²) in [5.74, 6) is -2.53. The molecule has 6 atom stereocenters. The Morgan fingerprint density at radius 2 is 1.40 bits per heavy atom. The van der Waals surface area contributed by atoms with E-state index in [-0.39, 0.29) is 64.2 Å². The number of methoxy groups -OCH3 is 2. The van der Waals surface area contributed by atoms with Gasteiger partial charge in [-0.2, -0.15) is 8.78 Å². The molecule has 340 valence electrons. The van der Waals surface area contributed by atoms with Crippen molar-refractivity contribution in [1.29, 1.82) is 0 Å². The van der Waals surface area contributed by atoms with Crippen LogP contribution in [0.4, 0.5) is 18.4 Å². The molecule has 16 heteroatoms. The number of carbonyl (C=O) groups excluding carboxylic acids is 4. The maximum atomic E-state index is 16.7. The molecule has 0 radical (unpaired) electrons. The van der Waals surface area contributed by atoms with E-state index in [1.54, 1.807) is 29.3 Å². The fourth-order valence-corrected chi connectivity index (χ4v) is 11.0. The molecular formula is C49H54F2N8O6. The molecule has 3 aromatic carbocycles. The molecule has 1 spiro atoms. The SMILES string of the molecule is COC(=O)N[C@H](C(=O)N1CC2(CC2)CC1c1ncc(-c2ccc3c(c2)C(F)(F)c2cc(-c4ccc5nc(C6[C@H]7CC[C@H](C7)N6C(=O)[C@@H](NC(=O)OC)C(C)C)[nH]c5c4)ccc2-3)[nH]1)C(C)C. The minimum absolute atomic E-state index is 0.0102. The van der Waals surface area contributed by atoms with Crippen molar-refractivity contribution in [3.8, 4) is 33.5 Å². The number of fused-ring (bicyclic) bond motifs is 6. The molecule has 5 aromatic rings. The molecule has 14 nitrogen and oxygen atoms in total. The predicted octanol–water partition coefficient (Wildman–Crippen LogP) is 8.61. The van der Waals surface area contributed by atoms with E-state index in [1.807, 2.05) is 62.9 Å². The van der Waals surface area contributed by atoms with Gasteiger partial charge in [-0.15, -0.1) is 0 Å². The molecule has 5 aliphatic rings. The van der Waals surface area contributed by atoms with Gasteiger partial charge in [0.05, 0.1) is 49.2 Å². The minimum Gasteiger partial charge on any atom is -0.453 e.